The summed E-state index contributed by atoms with van der Waals surface area (Å²) in [5.41, 5.74) is 1.87. The Balaban J connectivity index is 0.00000364. The number of carboxylic acid groups (broad SMARTS) is 1. The number of hydrogen-bond donors (Lipinski definition) is 5. The largest absolute Gasteiger partial charge is 0.480 e. The number of rotatable bonds is 12. The van der Waals surface area contributed by atoms with E-state index < -0.39 is 18.6 Å². The molecule has 0 saturated carbocycles. The number of carboxylic acids is 1. The van der Waals surface area contributed by atoms with E-state index in [0.29, 0.717) is 31.7 Å². The molecule has 0 bridgehead atoms. The van der Waals surface area contributed by atoms with Crippen molar-refractivity contribution >= 4 is 37.9 Å². The molecular weight excluding hydrogens is 402 g/mol. The van der Waals surface area contributed by atoms with Crippen LogP contribution in [0.1, 0.15) is 43.2 Å². The van der Waals surface area contributed by atoms with E-state index in [4.69, 9.17) is 10.0 Å². The molecule has 1 aromatic rings. The second-order valence-corrected chi connectivity index (χ2v) is 7.30. The molecule has 6 nitrogen and oxygen atoms in total. The van der Waals surface area contributed by atoms with Gasteiger partial charge in [-0.25, -0.2) is 0 Å². The number of carbonyl (C=O) groups is 1. The van der Waals surface area contributed by atoms with Crippen molar-refractivity contribution in [3.05, 3.63) is 35.4 Å². The summed E-state index contributed by atoms with van der Waals surface area (Å²) in [5.74, 6) is -0.835. The molecule has 0 aliphatic heterocycles. The van der Waals surface area contributed by atoms with Crippen LogP contribution in [0.15, 0.2) is 24.3 Å². The highest BCUT2D eigenvalue weighted by molar-refractivity contribution is 6.40. The van der Waals surface area contributed by atoms with Gasteiger partial charge in [-0.2, -0.15) is 0 Å². The number of aliphatic carboxylic acids is 1. The highest BCUT2D eigenvalue weighted by Crippen LogP contribution is 2.23. The fraction of sp³-hybridized carbons (Fsp3) is 0.632. The van der Waals surface area contributed by atoms with Gasteiger partial charge in [-0.15, -0.1) is 24.8 Å². The molecule has 1 unspecified atom stereocenters. The summed E-state index contributed by atoms with van der Waals surface area (Å²) in [4.78, 5) is 11.8. The highest BCUT2D eigenvalue weighted by Gasteiger charge is 2.35. The smallest absolute Gasteiger partial charge is 0.451 e. The zero-order valence-corrected chi connectivity index (χ0v) is 18.0. The molecule has 9 heteroatoms. The van der Waals surface area contributed by atoms with E-state index in [0.717, 1.165) is 25.8 Å². The molecule has 0 saturated heterocycles. The first-order valence-electron chi connectivity index (χ1n) is 9.55. The van der Waals surface area contributed by atoms with Gasteiger partial charge in [0, 0.05) is 6.04 Å². The average molecular weight is 435 g/mol. The Morgan fingerprint density at radius 3 is 2.18 bits per heavy atom. The molecule has 0 aromatic heterocycles. The summed E-state index contributed by atoms with van der Waals surface area (Å²) >= 11 is 0. The Morgan fingerprint density at radius 2 is 1.68 bits per heavy atom. The SMILES string of the molecule is CNC(CCCCB(O)O)(CCCNC1Cc2ccccc2C1)C(=O)O.Cl.Cl. The normalized spacial score (nSPS) is 15.1. The number of likely N-dealkylation sites (N-methyl/N-ethyl adjacent to an activating group) is 1. The molecule has 5 N–H and O–H groups in total. The first-order chi connectivity index (χ1) is 12.5. The summed E-state index contributed by atoms with van der Waals surface area (Å²) in [6.07, 6.45) is 5.42. The van der Waals surface area contributed by atoms with Crippen LogP contribution in [0.4, 0.5) is 0 Å². The third-order valence-corrected chi connectivity index (χ3v) is 5.47. The number of benzene rings is 1. The fourth-order valence-electron chi connectivity index (χ4n) is 3.85. The number of fused-ring (bicyclic) bond motifs is 1. The molecule has 1 aromatic carbocycles. The second-order valence-electron chi connectivity index (χ2n) is 7.30. The van der Waals surface area contributed by atoms with Crippen molar-refractivity contribution < 1.29 is 19.9 Å². The molecule has 0 spiro atoms. The molecular formula is C19H33BCl2N2O4. The van der Waals surface area contributed by atoms with E-state index in [2.05, 4.69) is 34.9 Å². The van der Waals surface area contributed by atoms with Gasteiger partial charge >= 0.3 is 13.1 Å². The maximum atomic E-state index is 11.8. The minimum atomic E-state index is -1.32. The van der Waals surface area contributed by atoms with E-state index in [9.17, 15) is 9.90 Å². The van der Waals surface area contributed by atoms with Gasteiger partial charge in [0.15, 0.2) is 0 Å². The van der Waals surface area contributed by atoms with Gasteiger partial charge in [0.2, 0.25) is 0 Å². The predicted octanol–water partition coefficient (Wildman–Crippen LogP) is 2.05. The average Bonchev–Trinajstić information content (AvgIpc) is 3.03. The molecule has 160 valence electrons. The van der Waals surface area contributed by atoms with E-state index >= 15 is 0 Å². The fourth-order valence-corrected chi connectivity index (χ4v) is 3.85. The number of nitrogens with one attached hydrogen (secondary N) is 2. The Morgan fingerprint density at radius 1 is 1.11 bits per heavy atom. The zero-order valence-electron chi connectivity index (χ0n) is 16.4. The van der Waals surface area contributed by atoms with Crippen LogP contribution in [0, 0.1) is 0 Å². The molecule has 1 aliphatic rings. The first-order valence-corrected chi connectivity index (χ1v) is 9.55. The maximum absolute atomic E-state index is 11.8. The van der Waals surface area contributed by atoms with Crippen LogP contribution < -0.4 is 10.6 Å². The molecule has 1 aliphatic carbocycles. The third-order valence-electron chi connectivity index (χ3n) is 5.47. The van der Waals surface area contributed by atoms with Crippen molar-refractivity contribution in [3.8, 4) is 0 Å². The summed E-state index contributed by atoms with van der Waals surface area (Å²) in [7, 11) is 0.374. The van der Waals surface area contributed by atoms with Crippen LogP contribution in [-0.4, -0.2) is 53.4 Å². The lowest BCUT2D eigenvalue weighted by molar-refractivity contribution is -0.145. The molecule has 0 amide bonds. The molecule has 0 heterocycles. The van der Waals surface area contributed by atoms with E-state index in [-0.39, 0.29) is 31.1 Å². The monoisotopic (exact) mass is 434 g/mol. The Kier molecular flexibility index (Phi) is 13.0. The molecule has 28 heavy (non-hydrogen) atoms. The van der Waals surface area contributed by atoms with Crippen LogP contribution >= 0.6 is 24.8 Å². The van der Waals surface area contributed by atoms with Crippen LogP contribution in [0.2, 0.25) is 6.32 Å². The summed E-state index contributed by atoms with van der Waals surface area (Å²) < 4.78 is 0. The molecule has 2 rings (SSSR count). The summed E-state index contributed by atoms with van der Waals surface area (Å²) in [6.45, 7) is 0.796. The summed E-state index contributed by atoms with van der Waals surface area (Å²) in [5, 5.41) is 34.0. The summed E-state index contributed by atoms with van der Waals surface area (Å²) in [6, 6.07) is 8.94. The van der Waals surface area contributed by atoms with Gasteiger partial charge in [0.25, 0.3) is 0 Å². The lowest BCUT2D eigenvalue weighted by Gasteiger charge is -2.29. The van der Waals surface area contributed by atoms with Crippen LogP contribution in [0.25, 0.3) is 0 Å². The Labute approximate surface area is 180 Å². The molecule has 0 radical (unpaired) electrons. The van der Waals surface area contributed by atoms with Gasteiger partial charge in [0.1, 0.15) is 5.54 Å². The van der Waals surface area contributed by atoms with Crippen molar-refractivity contribution in [1.29, 1.82) is 0 Å². The van der Waals surface area contributed by atoms with Crippen LogP contribution in [0.3, 0.4) is 0 Å². The maximum Gasteiger partial charge on any atom is 0.451 e. The van der Waals surface area contributed by atoms with E-state index in [1.807, 2.05) is 0 Å². The highest BCUT2D eigenvalue weighted by atomic mass is 35.5. The predicted molar refractivity (Wildman–Crippen MR) is 118 cm³/mol. The van der Waals surface area contributed by atoms with Gasteiger partial charge in [-0.3, -0.25) is 4.79 Å². The van der Waals surface area contributed by atoms with Gasteiger partial charge in [0.05, 0.1) is 0 Å². The number of unbranched alkanes of at least 4 members (excludes halogenated alkanes) is 1. The first kappa shape index (κ1) is 27.2. The number of hydrogen-bond acceptors (Lipinski definition) is 5. The zero-order chi connectivity index (χ0) is 19.0. The van der Waals surface area contributed by atoms with E-state index in [1.54, 1.807) is 7.05 Å². The van der Waals surface area contributed by atoms with Crippen molar-refractivity contribution in [2.75, 3.05) is 13.6 Å². The minimum Gasteiger partial charge on any atom is -0.480 e. The van der Waals surface area contributed by atoms with Gasteiger partial charge < -0.3 is 25.8 Å². The Bertz CT molecular complexity index is 570. The van der Waals surface area contributed by atoms with Crippen molar-refractivity contribution in [1.82, 2.24) is 10.6 Å². The lowest BCUT2D eigenvalue weighted by atomic mass is 9.81. The topological polar surface area (TPSA) is 102 Å². The second kappa shape index (κ2) is 13.4. The molecule has 1 atom stereocenters. The Hall–Kier alpha value is -0.825. The van der Waals surface area contributed by atoms with Crippen LogP contribution in [-0.2, 0) is 17.6 Å². The quantitative estimate of drug-likeness (QED) is 0.255. The standard InChI is InChI=1S/C19H31BN2O4.2ClH/c1-21-19(18(23)24,9-4-5-11-20(25)26)10-6-12-22-17-13-15-7-2-3-8-16(15)14-17;;/h2-3,7-8,17,21-22,25-26H,4-6,9-14H2,1H3,(H,23,24);2*1H. The van der Waals surface area contributed by atoms with Gasteiger partial charge in [-0.1, -0.05) is 37.1 Å². The van der Waals surface area contributed by atoms with Gasteiger partial charge in [-0.05, 0) is 63.1 Å². The van der Waals surface area contributed by atoms with Crippen molar-refractivity contribution in [3.63, 3.8) is 0 Å². The van der Waals surface area contributed by atoms with E-state index in [1.165, 1.54) is 11.1 Å². The molecule has 0 fully saturated rings. The van der Waals surface area contributed by atoms with Crippen molar-refractivity contribution in [2.45, 2.75) is 62.8 Å². The number of halogens is 2. The third kappa shape index (κ3) is 7.89. The van der Waals surface area contributed by atoms with Crippen LogP contribution in [0.5, 0.6) is 0 Å². The minimum absolute atomic E-state index is 0. The lowest BCUT2D eigenvalue weighted by Crippen LogP contribution is -2.50. The van der Waals surface area contributed by atoms with Crippen molar-refractivity contribution in [2.24, 2.45) is 0 Å².